The highest BCUT2D eigenvalue weighted by Crippen LogP contribution is 2.29. The van der Waals surface area contributed by atoms with Crippen LogP contribution < -0.4 is 10.2 Å². The Morgan fingerprint density at radius 3 is 2.55 bits per heavy atom. The van der Waals surface area contributed by atoms with E-state index in [1.165, 1.54) is 0 Å². The molecular weight excluding hydrogens is 460 g/mol. The maximum absolute atomic E-state index is 13.0. The number of nitrogens with zero attached hydrogens (tertiary/aromatic N) is 3. The monoisotopic (exact) mass is 484 g/mol. The number of halogens is 1. The lowest BCUT2D eigenvalue weighted by molar-refractivity contribution is -0.142. The summed E-state index contributed by atoms with van der Waals surface area (Å²) >= 11 is 3.43. The lowest BCUT2D eigenvalue weighted by Gasteiger charge is -2.32. The molecule has 162 valence electrons. The highest BCUT2D eigenvalue weighted by atomic mass is 79.9. The zero-order valence-corrected chi connectivity index (χ0v) is 19.0. The van der Waals surface area contributed by atoms with E-state index in [0.717, 1.165) is 15.7 Å². The van der Waals surface area contributed by atoms with Crippen LogP contribution in [0.25, 0.3) is 0 Å². The Kier molecular flexibility index (Phi) is 6.36. The van der Waals surface area contributed by atoms with Crippen LogP contribution in [-0.4, -0.2) is 47.2 Å². The van der Waals surface area contributed by atoms with Crippen molar-refractivity contribution in [2.24, 2.45) is 11.8 Å². The molecule has 31 heavy (non-hydrogen) atoms. The third-order valence-electron chi connectivity index (χ3n) is 5.96. The third-order valence-corrected chi connectivity index (χ3v) is 6.46. The van der Waals surface area contributed by atoms with Crippen LogP contribution in [0.2, 0.25) is 0 Å². The fourth-order valence-corrected chi connectivity index (χ4v) is 4.55. The van der Waals surface area contributed by atoms with Crippen LogP contribution in [0.5, 0.6) is 0 Å². The fraction of sp³-hybridized carbons (Fsp3) is 0.391. The molecule has 1 atom stereocenters. The first-order valence-electron chi connectivity index (χ1n) is 10.5. The largest absolute Gasteiger partial charge is 0.342 e. The summed E-state index contributed by atoms with van der Waals surface area (Å²) in [4.78, 5) is 46.1. The molecule has 8 heteroatoms. The molecule has 0 bridgehead atoms. The molecule has 2 saturated heterocycles. The molecule has 0 aliphatic carbocycles. The Hall–Kier alpha value is -2.74. The van der Waals surface area contributed by atoms with Gasteiger partial charge in [0.05, 0.1) is 0 Å². The third kappa shape index (κ3) is 4.79. The van der Waals surface area contributed by atoms with E-state index in [2.05, 4.69) is 26.2 Å². The molecule has 1 aromatic heterocycles. The number of piperidine rings is 1. The van der Waals surface area contributed by atoms with Gasteiger partial charge in [0.15, 0.2) is 0 Å². The number of carbonyl (C=O) groups is 3. The van der Waals surface area contributed by atoms with Gasteiger partial charge in [-0.05, 0) is 56.0 Å². The predicted octanol–water partition coefficient (Wildman–Crippen LogP) is 3.38. The van der Waals surface area contributed by atoms with Gasteiger partial charge >= 0.3 is 0 Å². The van der Waals surface area contributed by atoms with Gasteiger partial charge in [0.1, 0.15) is 11.7 Å². The summed E-state index contributed by atoms with van der Waals surface area (Å²) in [5, 5.41) is 2.86. The normalized spacial score (nSPS) is 19.5. The number of pyridine rings is 1. The molecule has 2 aliphatic heterocycles. The van der Waals surface area contributed by atoms with E-state index < -0.39 is 5.92 Å². The number of aryl methyl sites for hydroxylation is 1. The average molecular weight is 485 g/mol. The maximum Gasteiger partial charge on any atom is 0.239 e. The van der Waals surface area contributed by atoms with Crippen molar-refractivity contribution in [3.63, 3.8) is 0 Å². The van der Waals surface area contributed by atoms with Crippen molar-refractivity contribution in [3.05, 3.63) is 52.6 Å². The first-order valence-corrected chi connectivity index (χ1v) is 11.3. The Labute approximate surface area is 189 Å². The number of carbonyl (C=O) groups excluding carboxylic acids is 3. The van der Waals surface area contributed by atoms with E-state index >= 15 is 0 Å². The Balaban J connectivity index is 1.31. The van der Waals surface area contributed by atoms with Crippen LogP contribution in [0.3, 0.4) is 0 Å². The van der Waals surface area contributed by atoms with E-state index in [-0.39, 0.29) is 23.6 Å². The van der Waals surface area contributed by atoms with Crippen LogP contribution in [0.1, 0.15) is 24.8 Å². The summed E-state index contributed by atoms with van der Waals surface area (Å²) in [6.45, 7) is 3.45. The molecule has 4 rings (SSSR count). The molecule has 0 radical (unpaired) electrons. The molecular formula is C23H25BrN4O3. The first kappa shape index (κ1) is 21.5. The van der Waals surface area contributed by atoms with Crippen LogP contribution in [0.4, 0.5) is 11.5 Å². The summed E-state index contributed by atoms with van der Waals surface area (Å²) in [6.07, 6.45) is 3.40. The van der Waals surface area contributed by atoms with Crippen molar-refractivity contribution in [2.45, 2.75) is 26.2 Å². The molecule has 0 spiro atoms. The summed E-state index contributed by atoms with van der Waals surface area (Å²) in [5.74, 6) is -0.597. The highest BCUT2D eigenvalue weighted by molar-refractivity contribution is 9.10. The van der Waals surface area contributed by atoms with Crippen LogP contribution in [-0.2, 0) is 14.4 Å². The number of amides is 3. The molecule has 2 fully saturated rings. The summed E-state index contributed by atoms with van der Waals surface area (Å²) < 4.78 is 0.897. The maximum atomic E-state index is 13.0. The van der Waals surface area contributed by atoms with Crippen molar-refractivity contribution in [2.75, 3.05) is 29.9 Å². The summed E-state index contributed by atoms with van der Waals surface area (Å²) in [5.41, 5.74) is 1.83. The topological polar surface area (TPSA) is 82.6 Å². The smallest absolute Gasteiger partial charge is 0.239 e. The number of hydrogen-bond donors (Lipinski definition) is 1. The highest BCUT2D eigenvalue weighted by Gasteiger charge is 2.40. The van der Waals surface area contributed by atoms with Gasteiger partial charge in [-0.2, -0.15) is 0 Å². The number of hydrogen-bond acceptors (Lipinski definition) is 4. The van der Waals surface area contributed by atoms with Crippen molar-refractivity contribution < 1.29 is 14.4 Å². The second kappa shape index (κ2) is 9.18. The van der Waals surface area contributed by atoms with Crippen LogP contribution in [0.15, 0.2) is 47.1 Å². The van der Waals surface area contributed by atoms with Crippen molar-refractivity contribution in [3.8, 4) is 0 Å². The molecule has 2 aromatic rings. The van der Waals surface area contributed by atoms with Gasteiger partial charge in [-0.15, -0.1) is 0 Å². The molecule has 1 aromatic carbocycles. The molecule has 0 saturated carbocycles. The fourth-order valence-electron chi connectivity index (χ4n) is 4.16. The lowest BCUT2D eigenvalue weighted by atomic mass is 9.94. The van der Waals surface area contributed by atoms with Crippen molar-refractivity contribution >= 4 is 45.2 Å². The lowest BCUT2D eigenvalue weighted by Crippen LogP contribution is -2.45. The van der Waals surface area contributed by atoms with Gasteiger partial charge in [-0.1, -0.05) is 28.1 Å². The van der Waals surface area contributed by atoms with E-state index in [0.29, 0.717) is 44.7 Å². The van der Waals surface area contributed by atoms with E-state index in [1.807, 2.05) is 37.3 Å². The van der Waals surface area contributed by atoms with Crippen LogP contribution >= 0.6 is 15.9 Å². The van der Waals surface area contributed by atoms with Gasteiger partial charge in [0, 0.05) is 41.9 Å². The van der Waals surface area contributed by atoms with E-state index in [9.17, 15) is 14.4 Å². The number of anilines is 2. The number of benzene rings is 1. The molecule has 3 heterocycles. The standard InChI is InChI=1S/C23H25BrN4O3/c1-15-5-6-20(25-14-15)26-21(29)16-7-10-27(11-8-16)22(30)19-9-12-28(23(19)31)18-4-2-3-17(24)13-18/h2-6,13-14,16,19H,7-12H2,1H3,(H,25,26,29). The molecule has 1 N–H and O–H groups in total. The first-order chi connectivity index (χ1) is 14.9. The SMILES string of the molecule is Cc1ccc(NC(=O)C2CCN(C(=O)C3CCN(c4cccc(Br)c4)C3=O)CC2)nc1. The number of likely N-dealkylation sites (tertiary alicyclic amines) is 1. The van der Waals surface area contributed by atoms with Gasteiger partial charge < -0.3 is 15.1 Å². The Morgan fingerprint density at radius 1 is 1.10 bits per heavy atom. The van der Waals surface area contributed by atoms with Gasteiger partial charge in [0.25, 0.3) is 0 Å². The van der Waals surface area contributed by atoms with Crippen molar-refractivity contribution in [1.82, 2.24) is 9.88 Å². The minimum absolute atomic E-state index is 0.0683. The molecule has 2 aliphatic rings. The summed E-state index contributed by atoms with van der Waals surface area (Å²) in [7, 11) is 0. The summed E-state index contributed by atoms with van der Waals surface area (Å²) in [6, 6.07) is 11.2. The van der Waals surface area contributed by atoms with Gasteiger partial charge in [-0.25, -0.2) is 4.98 Å². The minimum Gasteiger partial charge on any atom is -0.342 e. The molecule has 7 nitrogen and oxygen atoms in total. The van der Waals surface area contributed by atoms with Crippen molar-refractivity contribution in [1.29, 1.82) is 0 Å². The number of nitrogens with one attached hydrogen (secondary N) is 1. The van der Waals surface area contributed by atoms with Gasteiger partial charge in [-0.3, -0.25) is 14.4 Å². The van der Waals surface area contributed by atoms with Crippen LogP contribution in [0, 0.1) is 18.8 Å². The number of rotatable bonds is 4. The van der Waals surface area contributed by atoms with E-state index in [4.69, 9.17) is 0 Å². The zero-order chi connectivity index (χ0) is 22.0. The second-order valence-electron chi connectivity index (χ2n) is 8.12. The zero-order valence-electron chi connectivity index (χ0n) is 17.4. The molecule has 1 unspecified atom stereocenters. The average Bonchev–Trinajstić information content (AvgIpc) is 3.16. The number of aromatic nitrogens is 1. The quantitative estimate of drug-likeness (QED) is 0.674. The minimum atomic E-state index is -0.638. The Morgan fingerprint density at radius 2 is 1.87 bits per heavy atom. The van der Waals surface area contributed by atoms with Gasteiger partial charge in [0.2, 0.25) is 17.7 Å². The van der Waals surface area contributed by atoms with E-state index in [1.54, 1.807) is 22.1 Å². The Bertz CT molecular complexity index is 987. The molecule has 3 amide bonds. The predicted molar refractivity (Wildman–Crippen MR) is 122 cm³/mol. The second-order valence-corrected chi connectivity index (χ2v) is 9.04.